The van der Waals surface area contributed by atoms with Crippen LogP contribution < -0.4 is 11.3 Å². The van der Waals surface area contributed by atoms with Crippen LogP contribution in [0.3, 0.4) is 0 Å². The van der Waals surface area contributed by atoms with Crippen LogP contribution in [-0.4, -0.2) is 15.2 Å². The van der Waals surface area contributed by atoms with Crippen LogP contribution in [0.2, 0.25) is 0 Å². The Hall–Kier alpha value is -2.38. The number of nitrogens with two attached hydrogens (primary N) is 1. The molecule has 3 N–H and O–H groups in total. The van der Waals surface area contributed by atoms with Gasteiger partial charge < -0.3 is 5.73 Å². The molecule has 2 aromatic rings. The predicted molar refractivity (Wildman–Crippen MR) is 57.5 cm³/mol. The van der Waals surface area contributed by atoms with Gasteiger partial charge in [-0.15, -0.1) is 10.2 Å². The number of aromatic amines is 1. The number of halogens is 3. The number of benzene rings is 1. The summed E-state index contributed by atoms with van der Waals surface area (Å²) in [4.78, 5) is 13.7. The van der Waals surface area contributed by atoms with Crippen molar-refractivity contribution in [3.05, 3.63) is 40.2 Å². The minimum absolute atomic E-state index is 0.0853. The maximum absolute atomic E-state index is 12.3. The van der Waals surface area contributed by atoms with Gasteiger partial charge in [0.05, 0.1) is 5.56 Å². The van der Waals surface area contributed by atoms with E-state index in [2.05, 4.69) is 15.2 Å². The van der Waals surface area contributed by atoms with Crippen LogP contribution in [0.15, 0.2) is 29.1 Å². The molecular weight excluding hydrogens is 249 g/mol. The van der Waals surface area contributed by atoms with Crippen molar-refractivity contribution in [2.24, 2.45) is 0 Å². The largest absolute Gasteiger partial charge is 0.416 e. The lowest BCUT2D eigenvalue weighted by Crippen LogP contribution is -2.15. The average molecular weight is 256 g/mol. The summed E-state index contributed by atoms with van der Waals surface area (Å²) in [5, 5.41) is 6.98. The Balaban J connectivity index is 2.44. The lowest BCUT2D eigenvalue weighted by atomic mass is 10.1. The molecule has 0 bridgehead atoms. The second kappa shape index (κ2) is 4.13. The maximum atomic E-state index is 12.3. The lowest BCUT2D eigenvalue weighted by Gasteiger charge is -2.06. The Kier molecular flexibility index (Phi) is 2.77. The predicted octanol–water partition coefficient (Wildman–Crippen LogP) is 1.43. The molecule has 1 aromatic carbocycles. The number of nitrogens with one attached hydrogen (secondary N) is 1. The van der Waals surface area contributed by atoms with Gasteiger partial charge in [-0.25, -0.2) is 0 Å². The zero-order valence-corrected chi connectivity index (χ0v) is 8.82. The summed E-state index contributed by atoms with van der Waals surface area (Å²) < 4.78 is 37.0. The lowest BCUT2D eigenvalue weighted by molar-refractivity contribution is -0.137. The summed E-state index contributed by atoms with van der Waals surface area (Å²) in [5.74, 6) is -0.157. The van der Waals surface area contributed by atoms with Crippen molar-refractivity contribution in [1.82, 2.24) is 15.2 Å². The Morgan fingerprint density at radius 2 is 1.72 bits per heavy atom. The van der Waals surface area contributed by atoms with Gasteiger partial charge in [0.1, 0.15) is 0 Å². The van der Waals surface area contributed by atoms with Crippen LogP contribution >= 0.6 is 0 Å². The van der Waals surface area contributed by atoms with E-state index in [-0.39, 0.29) is 17.2 Å². The standard InChI is InChI=1S/C10H7F3N4O/c11-10(12,13)6-3-1-5(2-4-6)7-8(18)15-9(14)17-16-7/h1-4H,(H3,14,15,17,18). The molecule has 0 spiro atoms. The summed E-state index contributed by atoms with van der Waals surface area (Å²) in [7, 11) is 0. The third-order valence-corrected chi connectivity index (χ3v) is 2.20. The smallest absolute Gasteiger partial charge is 0.368 e. The fourth-order valence-electron chi connectivity index (χ4n) is 1.36. The summed E-state index contributed by atoms with van der Waals surface area (Å²) in [5.41, 5.74) is 3.95. The van der Waals surface area contributed by atoms with E-state index in [1.807, 2.05) is 0 Å². The van der Waals surface area contributed by atoms with E-state index in [9.17, 15) is 18.0 Å². The summed E-state index contributed by atoms with van der Waals surface area (Å²) in [6.45, 7) is 0. The van der Waals surface area contributed by atoms with Crippen LogP contribution in [0.25, 0.3) is 11.3 Å². The minimum atomic E-state index is -4.42. The molecule has 0 saturated carbocycles. The molecule has 0 atom stereocenters. The van der Waals surface area contributed by atoms with Gasteiger partial charge in [0.15, 0.2) is 5.69 Å². The van der Waals surface area contributed by atoms with E-state index in [4.69, 9.17) is 5.73 Å². The molecule has 0 radical (unpaired) electrons. The Labute approximate surface area is 98.5 Å². The number of H-pyrrole nitrogens is 1. The average Bonchev–Trinajstić information content (AvgIpc) is 2.28. The highest BCUT2D eigenvalue weighted by Gasteiger charge is 2.30. The van der Waals surface area contributed by atoms with Gasteiger partial charge in [-0.3, -0.25) is 9.78 Å². The quantitative estimate of drug-likeness (QED) is 0.808. The van der Waals surface area contributed by atoms with Crippen LogP contribution in [-0.2, 0) is 6.18 Å². The molecule has 0 saturated heterocycles. The molecule has 94 valence electrons. The zero-order valence-electron chi connectivity index (χ0n) is 8.82. The number of rotatable bonds is 1. The number of hydrogen-bond acceptors (Lipinski definition) is 4. The molecule has 0 aliphatic heterocycles. The van der Waals surface area contributed by atoms with Crippen molar-refractivity contribution in [2.45, 2.75) is 6.18 Å². The molecule has 1 aromatic heterocycles. The van der Waals surface area contributed by atoms with Crippen LogP contribution in [0.1, 0.15) is 5.56 Å². The van der Waals surface area contributed by atoms with Crippen LogP contribution in [0.4, 0.5) is 19.1 Å². The van der Waals surface area contributed by atoms with Gasteiger partial charge >= 0.3 is 6.18 Å². The summed E-state index contributed by atoms with van der Waals surface area (Å²) >= 11 is 0. The second-order valence-corrected chi connectivity index (χ2v) is 3.46. The fraction of sp³-hybridized carbons (Fsp3) is 0.100. The van der Waals surface area contributed by atoms with Gasteiger partial charge in [-0.1, -0.05) is 12.1 Å². The highest BCUT2D eigenvalue weighted by Crippen LogP contribution is 2.30. The van der Waals surface area contributed by atoms with Gasteiger partial charge in [0.25, 0.3) is 5.56 Å². The summed E-state index contributed by atoms with van der Waals surface area (Å²) in [6.07, 6.45) is -4.42. The highest BCUT2D eigenvalue weighted by molar-refractivity contribution is 5.58. The van der Waals surface area contributed by atoms with Crippen molar-refractivity contribution in [1.29, 1.82) is 0 Å². The van der Waals surface area contributed by atoms with E-state index in [1.165, 1.54) is 0 Å². The van der Waals surface area contributed by atoms with Gasteiger partial charge in [0.2, 0.25) is 5.95 Å². The van der Waals surface area contributed by atoms with Crippen molar-refractivity contribution in [3.8, 4) is 11.3 Å². The third kappa shape index (κ3) is 2.31. The molecule has 0 amide bonds. The first-order valence-corrected chi connectivity index (χ1v) is 4.78. The normalized spacial score (nSPS) is 11.5. The topological polar surface area (TPSA) is 84.7 Å². The highest BCUT2D eigenvalue weighted by atomic mass is 19.4. The van der Waals surface area contributed by atoms with Crippen molar-refractivity contribution >= 4 is 5.95 Å². The number of nitrogens with zero attached hydrogens (tertiary/aromatic N) is 2. The number of hydrogen-bond donors (Lipinski definition) is 2. The first-order valence-electron chi connectivity index (χ1n) is 4.78. The second-order valence-electron chi connectivity index (χ2n) is 3.46. The van der Waals surface area contributed by atoms with Crippen LogP contribution in [0, 0.1) is 0 Å². The molecule has 1 heterocycles. The Morgan fingerprint density at radius 3 is 2.22 bits per heavy atom. The van der Waals surface area contributed by atoms with Gasteiger partial charge in [0, 0.05) is 5.56 Å². The third-order valence-electron chi connectivity index (χ3n) is 2.20. The van der Waals surface area contributed by atoms with E-state index in [0.717, 1.165) is 24.3 Å². The molecule has 18 heavy (non-hydrogen) atoms. The number of nitrogen functional groups attached to an aromatic ring is 1. The molecule has 8 heteroatoms. The fourth-order valence-corrected chi connectivity index (χ4v) is 1.36. The Bertz CT molecular complexity index is 618. The van der Waals surface area contributed by atoms with Crippen molar-refractivity contribution in [2.75, 3.05) is 5.73 Å². The molecule has 0 aliphatic carbocycles. The van der Waals surface area contributed by atoms with Crippen LogP contribution in [0.5, 0.6) is 0 Å². The van der Waals surface area contributed by atoms with E-state index >= 15 is 0 Å². The van der Waals surface area contributed by atoms with Crippen molar-refractivity contribution in [3.63, 3.8) is 0 Å². The molecule has 0 aliphatic rings. The summed E-state index contributed by atoms with van der Waals surface area (Å²) in [6, 6.07) is 4.04. The monoisotopic (exact) mass is 256 g/mol. The Morgan fingerprint density at radius 1 is 1.11 bits per heavy atom. The number of aromatic nitrogens is 3. The first-order chi connectivity index (χ1) is 8.38. The number of anilines is 1. The SMILES string of the molecule is Nc1nnc(-c2ccc(C(F)(F)F)cc2)c(=O)[nH]1. The molecule has 2 rings (SSSR count). The zero-order chi connectivity index (χ0) is 13.3. The first kappa shape index (κ1) is 12.1. The number of alkyl halides is 3. The molecule has 0 unspecified atom stereocenters. The van der Waals surface area contributed by atoms with E-state index < -0.39 is 17.3 Å². The van der Waals surface area contributed by atoms with E-state index in [1.54, 1.807) is 0 Å². The maximum Gasteiger partial charge on any atom is 0.416 e. The molecular formula is C10H7F3N4O. The van der Waals surface area contributed by atoms with Gasteiger partial charge in [-0.05, 0) is 12.1 Å². The van der Waals surface area contributed by atoms with Crippen molar-refractivity contribution < 1.29 is 13.2 Å². The minimum Gasteiger partial charge on any atom is -0.368 e. The molecule has 5 nitrogen and oxygen atoms in total. The van der Waals surface area contributed by atoms with Gasteiger partial charge in [-0.2, -0.15) is 13.2 Å². The molecule has 0 fully saturated rings. The van der Waals surface area contributed by atoms with E-state index in [0.29, 0.717) is 0 Å².